The van der Waals surface area contributed by atoms with Crippen molar-refractivity contribution < 1.29 is 14.4 Å². The number of carbonyl (C=O) groups excluding carboxylic acids is 3. The zero-order valence-electron chi connectivity index (χ0n) is 15.7. The maximum absolute atomic E-state index is 12.8. The molecular weight excluding hydrogens is 370 g/mol. The first-order chi connectivity index (χ1) is 12.9. The summed E-state index contributed by atoms with van der Waals surface area (Å²) in [5.41, 5.74) is 0.184. The number of likely N-dealkylation sites (tertiary alicyclic amines) is 1. The van der Waals surface area contributed by atoms with E-state index < -0.39 is 11.8 Å². The lowest BCUT2D eigenvalue weighted by atomic mass is 10.2. The van der Waals surface area contributed by atoms with Crippen LogP contribution in [0.2, 0.25) is 5.02 Å². The Bertz CT molecular complexity index is 741. The van der Waals surface area contributed by atoms with Crippen molar-refractivity contribution in [3.8, 4) is 0 Å². The molecule has 0 bridgehead atoms. The van der Waals surface area contributed by atoms with Crippen LogP contribution >= 0.6 is 11.6 Å². The van der Waals surface area contributed by atoms with Gasteiger partial charge in [-0.3, -0.25) is 14.4 Å². The standard InChI is InChI=1S/C18H24ClN5O3/c1-12(2)15-20-11-13(19)14(21-15)16(25)23-7-9-24(10-8-23)18(27)17(26)22-5-3-4-6-22/h11-12H,3-10H2,1-2H3. The predicted molar refractivity (Wildman–Crippen MR) is 99.4 cm³/mol. The smallest absolute Gasteiger partial charge is 0.312 e. The fourth-order valence-corrected chi connectivity index (χ4v) is 3.43. The van der Waals surface area contributed by atoms with Crippen LogP contribution in [0, 0.1) is 0 Å². The van der Waals surface area contributed by atoms with Crippen LogP contribution in [0.25, 0.3) is 0 Å². The zero-order chi connectivity index (χ0) is 19.6. The van der Waals surface area contributed by atoms with Crippen LogP contribution in [0.3, 0.4) is 0 Å². The SMILES string of the molecule is CC(C)c1ncc(Cl)c(C(=O)N2CCN(C(=O)C(=O)N3CCCC3)CC2)n1. The summed E-state index contributed by atoms with van der Waals surface area (Å²) in [6.07, 6.45) is 3.34. The molecule has 3 heterocycles. The third kappa shape index (κ3) is 4.21. The normalized spacial score (nSPS) is 17.6. The van der Waals surface area contributed by atoms with E-state index in [0.29, 0.717) is 45.1 Å². The highest BCUT2D eigenvalue weighted by Gasteiger charge is 2.32. The molecule has 0 saturated carbocycles. The maximum atomic E-state index is 12.8. The lowest BCUT2D eigenvalue weighted by molar-refractivity contribution is -0.152. The third-order valence-corrected chi connectivity index (χ3v) is 5.19. The van der Waals surface area contributed by atoms with E-state index in [2.05, 4.69) is 9.97 Å². The lowest BCUT2D eigenvalue weighted by Crippen LogP contribution is -2.54. The fourth-order valence-electron chi connectivity index (χ4n) is 3.26. The molecule has 1 aromatic heterocycles. The lowest BCUT2D eigenvalue weighted by Gasteiger charge is -2.35. The molecule has 8 nitrogen and oxygen atoms in total. The number of aromatic nitrogens is 2. The average Bonchev–Trinajstić information content (AvgIpc) is 3.21. The molecule has 146 valence electrons. The van der Waals surface area contributed by atoms with Gasteiger partial charge in [-0.05, 0) is 12.8 Å². The van der Waals surface area contributed by atoms with Crippen LogP contribution in [-0.2, 0) is 9.59 Å². The molecule has 2 aliphatic rings. The minimum Gasteiger partial charge on any atom is -0.334 e. The second-order valence-electron chi connectivity index (χ2n) is 7.16. The number of piperazine rings is 1. The first-order valence-electron chi connectivity index (χ1n) is 9.28. The van der Waals surface area contributed by atoms with Gasteiger partial charge in [-0.25, -0.2) is 9.97 Å². The Labute approximate surface area is 163 Å². The van der Waals surface area contributed by atoms with Gasteiger partial charge >= 0.3 is 11.8 Å². The summed E-state index contributed by atoms with van der Waals surface area (Å²) in [6.45, 7) is 6.51. The molecule has 2 aliphatic heterocycles. The number of carbonyl (C=O) groups is 3. The largest absolute Gasteiger partial charge is 0.334 e. The molecule has 0 aliphatic carbocycles. The average molecular weight is 394 g/mol. The highest BCUT2D eigenvalue weighted by molar-refractivity contribution is 6.35. The molecule has 3 amide bonds. The van der Waals surface area contributed by atoms with Gasteiger partial charge in [0.1, 0.15) is 5.82 Å². The molecule has 9 heteroatoms. The number of nitrogens with zero attached hydrogens (tertiary/aromatic N) is 5. The molecule has 0 aromatic carbocycles. The Morgan fingerprint density at radius 3 is 2.00 bits per heavy atom. The van der Waals surface area contributed by atoms with E-state index in [1.807, 2.05) is 13.8 Å². The molecule has 3 rings (SSSR count). The van der Waals surface area contributed by atoms with Gasteiger partial charge in [-0.15, -0.1) is 0 Å². The van der Waals surface area contributed by atoms with Gasteiger partial charge in [0.15, 0.2) is 5.69 Å². The predicted octanol–water partition coefficient (Wildman–Crippen LogP) is 1.16. The van der Waals surface area contributed by atoms with Crippen LogP contribution in [0.15, 0.2) is 6.20 Å². The van der Waals surface area contributed by atoms with Crippen molar-refractivity contribution in [1.82, 2.24) is 24.7 Å². The van der Waals surface area contributed by atoms with Crippen LogP contribution in [-0.4, -0.2) is 81.7 Å². The van der Waals surface area contributed by atoms with Crippen molar-refractivity contribution in [2.24, 2.45) is 0 Å². The number of hydrogen-bond acceptors (Lipinski definition) is 5. The molecule has 0 atom stereocenters. The van der Waals surface area contributed by atoms with E-state index in [9.17, 15) is 14.4 Å². The van der Waals surface area contributed by atoms with E-state index in [-0.39, 0.29) is 22.5 Å². The van der Waals surface area contributed by atoms with Gasteiger partial charge in [-0.2, -0.15) is 0 Å². The number of rotatable bonds is 2. The summed E-state index contributed by atoms with van der Waals surface area (Å²) in [5, 5.41) is 0.215. The summed E-state index contributed by atoms with van der Waals surface area (Å²) in [4.78, 5) is 50.6. The highest BCUT2D eigenvalue weighted by atomic mass is 35.5. The summed E-state index contributed by atoms with van der Waals surface area (Å²) >= 11 is 6.12. The molecule has 0 N–H and O–H groups in total. The van der Waals surface area contributed by atoms with Gasteiger partial charge in [-0.1, -0.05) is 25.4 Å². The van der Waals surface area contributed by atoms with Crippen molar-refractivity contribution in [2.45, 2.75) is 32.6 Å². The van der Waals surface area contributed by atoms with Gasteiger partial charge in [0.05, 0.1) is 11.2 Å². The van der Waals surface area contributed by atoms with Crippen molar-refractivity contribution in [3.05, 3.63) is 22.7 Å². The Balaban J connectivity index is 1.62. The first kappa shape index (κ1) is 19.5. The van der Waals surface area contributed by atoms with Gasteiger partial charge in [0, 0.05) is 45.2 Å². The van der Waals surface area contributed by atoms with E-state index in [4.69, 9.17) is 11.6 Å². The summed E-state index contributed by atoms with van der Waals surface area (Å²) in [7, 11) is 0. The molecular formula is C18H24ClN5O3. The topological polar surface area (TPSA) is 86.7 Å². The second-order valence-corrected chi connectivity index (χ2v) is 7.57. The minimum atomic E-state index is -0.480. The molecule has 0 unspecified atom stereocenters. The van der Waals surface area contributed by atoms with Crippen molar-refractivity contribution in [2.75, 3.05) is 39.3 Å². The minimum absolute atomic E-state index is 0.0832. The van der Waals surface area contributed by atoms with Crippen LogP contribution in [0.4, 0.5) is 0 Å². The highest BCUT2D eigenvalue weighted by Crippen LogP contribution is 2.19. The molecule has 27 heavy (non-hydrogen) atoms. The summed E-state index contributed by atoms with van der Waals surface area (Å²) in [6, 6.07) is 0. The molecule has 2 fully saturated rings. The quantitative estimate of drug-likeness (QED) is 0.704. The second kappa shape index (κ2) is 8.21. The number of halogens is 1. The van der Waals surface area contributed by atoms with Crippen LogP contribution < -0.4 is 0 Å². The number of amides is 3. The monoisotopic (exact) mass is 393 g/mol. The van der Waals surface area contributed by atoms with Crippen molar-refractivity contribution in [3.63, 3.8) is 0 Å². The van der Waals surface area contributed by atoms with Crippen molar-refractivity contribution in [1.29, 1.82) is 0 Å². The fraction of sp³-hybridized carbons (Fsp3) is 0.611. The third-order valence-electron chi connectivity index (χ3n) is 4.91. The maximum Gasteiger partial charge on any atom is 0.312 e. The van der Waals surface area contributed by atoms with E-state index in [1.54, 1.807) is 9.80 Å². The molecule has 1 aromatic rings. The van der Waals surface area contributed by atoms with E-state index in [0.717, 1.165) is 12.8 Å². The number of hydrogen-bond donors (Lipinski definition) is 0. The van der Waals surface area contributed by atoms with Crippen molar-refractivity contribution >= 4 is 29.3 Å². The van der Waals surface area contributed by atoms with Crippen LogP contribution in [0.5, 0.6) is 0 Å². The Morgan fingerprint density at radius 2 is 1.44 bits per heavy atom. The molecule has 0 spiro atoms. The van der Waals surface area contributed by atoms with Crippen LogP contribution in [0.1, 0.15) is 48.9 Å². The molecule has 0 radical (unpaired) electrons. The molecule has 2 saturated heterocycles. The Hall–Kier alpha value is -2.22. The van der Waals surface area contributed by atoms with Gasteiger partial charge in [0.2, 0.25) is 0 Å². The van der Waals surface area contributed by atoms with Gasteiger partial charge < -0.3 is 14.7 Å². The van der Waals surface area contributed by atoms with E-state index in [1.165, 1.54) is 11.1 Å². The first-order valence-corrected chi connectivity index (χ1v) is 9.66. The van der Waals surface area contributed by atoms with Gasteiger partial charge in [0.25, 0.3) is 5.91 Å². The summed E-state index contributed by atoms with van der Waals surface area (Å²) in [5.74, 6) is -0.547. The van der Waals surface area contributed by atoms with E-state index >= 15 is 0 Å². The summed E-state index contributed by atoms with van der Waals surface area (Å²) < 4.78 is 0. The Morgan fingerprint density at radius 1 is 0.926 bits per heavy atom. The Kier molecular flexibility index (Phi) is 5.94. The zero-order valence-corrected chi connectivity index (χ0v) is 16.4.